The number of aryl methyl sites for hydroxylation is 2. The van der Waals surface area contributed by atoms with E-state index >= 15 is 0 Å². The van der Waals surface area contributed by atoms with Crippen LogP contribution in [0.15, 0.2) is 29.1 Å². The fourth-order valence-corrected chi connectivity index (χ4v) is 2.53. The molecule has 3 nitrogen and oxygen atoms in total. The Balaban J connectivity index is 2.28. The van der Waals surface area contributed by atoms with Gasteiger partial charge < -0.3 is 4.98 Å². The molecule has 0 unspecified atom stereocenters. The average Bonchev–Trinajstić information content (AvgIpc) is 2.24. The zero-order valence-electron chi connectivity index (χ0n) is 12.7. The lowest BCUT2D eigenvalue weighted by molar-refractivity contribution is 0.629. The third kappa shape index (κ3) is 4.05. The zero-order chi connectivity index (χ0) is 14.7. The molecule has 1 heterocycles. The van der Waals surface area contributed by atoms with Crippen molar-refractivity contribution in [3.8, 4) is 0 Å². The highest BCUT2D eigenvalue weighted by Gasteiger charge is 2.05. The first-order valence-electron chi connectivity index (χ1n) is 7.08. The van der Waals surface area contributed by atoms with Crippen molar-refractivity contribution in [3.05, 3.63) is 62.8 Å². The molecule has 0 aliphatic heterocycles. The quantitative estimate of drug-likeness (QED) is 0.927. The van der Waals surface area contributed by atoms with Crippen molar-refractivity contribution in [3.63, 3.8) is 0 Å². The molecule has 2 aromatic rings. The second-order valence-corrected chi connectivity index (χ2v) is 5.95. The van der Waals surface area contributed by atoms with E-state index in [1.165, 1.54) is 16.7 Å². The lowest BCUT2D eigenvalue weighted by atomic mass is 10.0. The molecule has 0 saturated heterocycles. The largest absolute Gasteiger partial charge is 0.310 e. The third-order valence-electron chi connectivity index (χ3n) is 3.11. The second-order valence-electron chi connectivity index (χ2n) is 5.95. The van der Waals surface area contributed by atoms with Crippen LogP contribution in [0.2, 0.25) is 0 Å². The summed E-state index contributed by atoms with van der Waals surface area (Å²) < 4.78 is 0. The van der Waals surface area contributed by atoms with Crippen LogP contribution >= 0.6 is 0 Å². The number of nitrogens with one attached hydrogen (secondary N) is 1. The van der Waals surface area contributed by atoms with Gasteiger partial charge in [0.1, 0.15) is 5.82 Å². The third-order valence-corrected chi connectivity index (χ3v) is 3.11. The molecule has 0 atom stereocenters. The van der Waals surface area contributed by atoms with Crippen LogP contribution in [0.4, 0.5) is 0 Å². The highest BCUT2D eigenvalue weighted by Crippen LogP contribution is 2.12. The van der Waals surface area contributed by atoms with Gasteiger partial charge in [0.25, 0.3) is 5.56 Å². The maximum absolute atomic E-state index is 11.7. The lowest BCUT2D eigenvalue weighted by Gasteiger charge is -2.08. The molecular formula is C17H22N2O. The van der Waals surface area contributed by atoms with Crippen LogP contribution in [-0.2, 0) is 12.8 Å². The maximum Gasteiger partial charge on any atom is 0.251 e. The monoisotopic (exact) mass is 270 g/mol. The molecule has 1 aromatic heterocycles. The molecule has 0 saturated carbocycles. The van der Waals surface area contributed by atoms with Crippen LogP contribution in [0, 0.1) is 19.8 Å². The summed E-state index contributed by atoms with van der Waals surface area (Å²) in [5.74, 6) is 1.25. The number of aromatic nitrogens is 2. The van der Waals surface area contributed by atoms with Crippen molar-refractivity contribution in [1.82, 2.24) is 9.97 Å². The fourth-order valence-electron chi connectivity index (χ4n) is 2.53. The van der Waals surface area contributed by atoms with Crippen LogP contribution in [0.3, 0.4) is 0 Å². The van der Waals surface area contributed by atoms with E-state index < -0.39 is 0 Å². The van der Waals surface area contributed by atoms with Gasteiger partial charge in [-0.1, -0.05) is 43.2 Å². The molecule has 1 aromatic carbocycles. The summed E-state index contributed by atoms with van der Waals surface area (Å²) in [5.41, 5.74) is 4.48. The summed E-state index contributed by atoms with van der Waals surface area (Å²) >= 11 is 0. The van der Waals surface area contributed by atoms with Crippen molar-refractivity contribution in [2.24, 2.45) is 5.92 Å². The highest BCUT2D eigenvalue weighted by atomic mass is 16.1. The summed E-state index contributed by atoms with van der Waals surface area (Å²) in [6.45, 7) is 8.43. The smallest absolute Gasteiger partial charge is 0.251 e. The summed E-state index contributed by atoms with van der Waals surface area (Å²) in [6, 6.07) is 8.03. The molecule has 1 N–H and O–H groups in total. The number of H-pyrrole nitrogens is 1. The summed E-state index contributed by atoms with van der Waals surface area (Å²) in [5, 5.41) is 0. The van der Waals surface area contributed by atoms with Gasteiger partial charge in [-0.25, -0.2) is 4.98 Å². The number of benzene rings is 1. The summed E-state index contributed by atoms with van der Waals surface area (Å²) in [7, 11) is 0. The molecule has 0 fully saturated rings. The number of hydrogen-bond acceptors (Lipinski definition) is 2. The second kappa shape index (κ2) is 6.04. The molecule has 0 amide bonds. The van der Waals surface area contributed by atoms with Crippen molar-refractivity contribution in [2.45, 2.75) is 40.5 Å². The van der Waals surface area contributed by atoms with Crippen LogP contribution in [-0.4, -0.2) is 9.97 Å². The minimum atomic E-state index is -0.0602. The van der Waals surface area contributed by atoms with Gasteiger partial charge in [-0.2, -0.15) is 0 Å². The number of aromatic amines is 1. The van der Waals surface area contributed by atoms with Gasteiger partial charge in [0.15, 0.2) is 0 Å². The zero-order valence-corrected chi connectivity index (χ0v) is 12.7. The molecule has 106 valence electrons. The van der Waals surface area contributed by atoms with E-state index in [0.29, 0.717) is 12.3 Å². The molecular weight excluding hydrogens is 248 g/mol. The lowest BCUT2D eigenvalue weighted by Crippen LogP contribution is -2.14. The standard InChI is InChI=1S/C17H22N2O/c1-11(2)5-15-10-17(20)19-16(18-15)9-14-7-12(3)6-13(4)8-14/h6-8,10-11H,5,9H2,1-4H3,(H,18,19,20). The first kappa shape index (κ1) is 14.5. The van der Waals surface area contributed by atoms with Gasteiger partial charge in [-0.15, -0.1) is 0 Å². The van der Waals surface area contributed by atoms with E-state index in [-0.39, 0.29) is 5.56 Å². The van der Waals surface area contributed by atoms with Crippen molar-refractivity contribution >= 4 is 0 Å². The summed E-state index contributed by atoms with van der Waals surface area (Å²) in [4.78, 5) is 19.1. The van der Waals surface area contributed by atoms with Gasteiger partial charge in [-0.3, -0.25) is 4.79 Å². The number of rotatable bonds is 4. The van der Waals surface area contributed by atoms with E-state index in [1.807, 2.05) is 0 Å². The van der Waals surface area contributed by atoms with E-state index in [9.17, 15) is 4.79 Å². The Morgan fingerprint density at radius 2 is 1.75 bits per heavy atom. The fraction of sp³-hybridized carbons (Fsp3) is 0.412. The van der Waals surface area contributed by atoms with Gasteiger partial charge in [0.05, 0.1) is 0 Å². The van der Waals surface area contributed by atoms with Crippen LogP contribution in [0.5, 0.6) is 0 Å². The SMILES string of the molecule is Cc1cc(C)cc(Cc2nc(CC(C)C)cc(=O)[nH]2)c1. The molecule has 2 rings (SSSR count). The van der Waals surface area contributed by atoms with Gasteiger partial charge in [-0.05, 0) is 31.7 Å². The van der Waals surface area contributed by atoms with Crippen LogP contribution in [0.1, 0.15) is 42.1 Å². The topological polar surface area (TPSA) is 45.8 Å². The average molecular weight is 270 g/mol. The van der Waals surface area contributed by atoms with E-state index in [4.69, 9.17) is 0 Å². The Morgan fingerprint density at radius 3 is 2.35 bits per heavy atom. The molecule has 0 aliphatic rings. The molecule has 0 aliphatic carbocycles. The Bertz CT molecular complexity index is 636. The highest BCUT2D eigenvalue weighted by molar-refractivity contribution is 5.30. The molecule has 20 heavy (non-hydrogen) atoms. The first-order valence-corrected chi connectivity index (χ1v) is 7.08. The molecule has 0 radical (unpaired) electrons. The van der Waals surface area contributed by atoms with Crippen LogP contribution in [0.25, 0.3) is 0 Å². The molecule has 0 bridgehead atoms. The summed E-state index contributed by atoms with van der Waals surface area (Å²) in [6.07, 6.45) is 1.51. The normalized spacial score (nSPS) is 11.1. The Hall–Kier alpha value is -1.90. The molecule has 0 spiro atoms. The minimum absolute atomic E-state index is 0.0602. The van der Waals surface area contributed by atoms with Crippen molar-refractivity contribution < 1.29 is 0 Å². The minimum Gasteiger partial charge on any atom is -0.310 e. The van der Waals surface area contributed by atoms with E-state index in [1.54, 1.807) is 6.07 Å². The van der Waals surface area contributed by atoms with E-state index in [2.05, 4.69) is 55.9 Å². The maximum atomic E-state index is 11.7. The first-order chi connectivity index (χ1) is 9.42. The Kier molecular flexibility index (Phi) is 4.38. The Morgan fingerprint density at radius 1 is 1.10 bits per heavy atom. The van der Waals surface area contributed by atoms with Gasteiger partial charge in [0.2, 0.25) is 0 Å². The van der Waals surface area contributed by atoms with Crippen molar-refractivity contribution in [2.75, 3.05) is 0 Å². The number of nitrogens with zero attached hydrogens (tertiary/aromatic N) is 1. The predicted octanol–water partition coefficient (Wildman–Crippen LogP) is 3.18. The van der Waals surface area contributed by atoms with Gasteiger partial charge in [0, 0.05) is 18.2 Å². The van der Waals surface area contributed by atoms with E-state index in [0.717, 1.165) is 17.9 Å². The Labute approximate surface area is 120 Å². The van der Waals surface area contributed by atoms with Gasteiger partial charge >= 0.3 is 0 Å². The van der Waals surface area contributed by atoms with Crippen LogP contribution < -0.4 is 5.56 Å². The number of hydrogen-bond donors (Lipinski definition) is 1. The van der Waals surface area contributed by atoms with Crippen molar-refractivity contribution in [1.29, 1.82) is 0 Å². The molecule has 3 heteroatoms. The predicted molar refractivity (Wildman–Crippen MR) is 82.1 cm³/mol.